The zero-order valence-corrected chi connectivity index (χ0v) is 21.3. The number of amides is 1. The first-order valence-corrected chi connectivity index (χ1v) is 12.9. The predicted molar refractivity (Wildman–Crippen MR) is 138 cm³/mol. The first kappa shape index (κ1) is 24.4. The number of nitrogens with zero attached hydrogens (tertiary/aromatic N) is 4. The molecular formula is C25H21BrF2N6OS. The van der Waals surface area contributed by atoms with E-state index in [4.69, 9.17) is 0 Å². The molecule has 0 spiro atoms. The lowest BCUT2D eigenvalue weighted by Crippen LogP contribution is -2.41. The van der Waals surface area contributed by atoms with Crippen LogP contribution in [0.4, 0.5) is 20.4 Å². The van der Waals surface area contributed by atoms with Crippen LogP contribution in [-0.4, -0.2) is 39.4 Å². The van der Waals surface area contributed by atoms with E-state index in [9.17, 15) is 13.6 Å². The lowest BCUT2D eigenvalue weighted by Gasteiger charge is -2.32. The van der Waals surface area contributed by atoms with E-state index in [1.807, 2.05) is 41.3 Å². The summed E-state index contributed by atoms with van der Waals surface area (Å²) in [6.45, 7) is 1.26. The number of hydrogen-bond acceptors (Lipinski definition) is 6. The van der Waals surface area contributed by atoms with Crippen LogP contribution in [0.2, 0.25) is 0 Å². The fourth-order valence-corrected chi connectivity index (χ4v) is 5.05. The van der Waals surface area contributed by atoms with Crippen molar-refractivity contribution in [3.63, 3.8) is 0 Å². The molecule has 2 N–H and O–H groups in total. The third kappa shape index (κ3) is 5.57. The zero-order chi connectivity index (χ0) is 25.1. The number of carbonyl (C=O) groups is 1. The Hall–Kier alpha value is -3.31. The van der Waals surface area contributed by atoms with Crippen molar-refractivity contribution < 1.29 is 13.6 Å². The predicted octanol–water partition coefficient (Wildman–Crippen LogP) is 5.91. The van der Waals surface area contributed by atoms with E-state index in [0.717, 1.165) is 27.4 Å². The van der Waals surface area contributed by atoms with Gasteiger partial charge in [0.05, 0.1) is 17.2 Å². The molecule has 0 bridgehead atoms. The van der Waals surface area contributed by atoms with Gasteiger partial charge in [-0.05, 0) is 61.4 Å². The standard InChI is InChI=1S/C25H21BrF2N6OS/c26-16-6-8-17(9-7-16)36-23-11-10-22(32-33-23)34-12-2-3-15(14-34)25(35)29-21-13-20(30-31-21)24-18(27)4-1-5-19(24)28/h1,4-11,13,15H,2-3,12,14H2,(H2,29,30,31,35). The molecule has 4 aromatic rings. The number of nitrogens with one attached hydrogen (secondary N) is 2. The molecule has 1 unspecified atom stereocenters. The monoisotopic (exact) mass is 570 g/mol. The first-order chi connectivity index (χ1) is 17.5. The lowest BCUT2D eigenvalue weighted by molar-refractivity contribution is -0.120. The maximum atomic E-state index is 14.1. The molecule has 1 atom stereocenters. The zero-order valence-electron chi connectivity index (χ0n) is 18.9. The minimum Gasteiger partial charge on any atom is -0.354 e. The van der Waals surface area contributed by atoms with Gasteiger partial charge in [-0.25, -0.2) is 8.78 Å². The average molecular weight is 571 g/mol. The van der Waals surface area contributed by atoms with E-state index in [1.54, 1.807) is 0 Å². The van der Waals surface area contributed by atoms with Crippen LogP contribution < -0.4 is 10.2 Å². The largest absolute Gasteiger partial charge is 0.354 e. The number of anilines is 2. The minimum atomic E-state index is -0.707. The van der Waals surface area contributed by atoms with Gasteiger partial charge in [0, 0.05) is 28.5 Å². The number of piperidine rings is 1. The second-order valence-corrected chi connectivity index (χ2v) is 10.3. The smallest absolute Gasteiger partial charge is 0.230 e. The minimum absolute atomic E-state index is 0.155. The Bertz CT molecular complexity index is 1350. The number of rotatable bonds is 6. The molecule has 1 aliphatic rings. The molecule has 3 heterocycles. The SMILES string of the molecule is O=C(Nc1cc(-c2c(F)cccc2F)[nH]n1)C1CCCN(c2ccc(Sc3ccc(Br)cc3)nn2)C1. The van der Waals surface area contributed by atoms with Crippen molar-refractivity contribution in [1.82, 2.24) is 20.4 Å². The van der Waals surface area contributed by atoms with Gasteiger partial charge in [0.1, 0.15) is 16.7 Å². The van der Waals surface area contributed by atoms with Crippen molar-refractivity contribution in [1.29, 1.82) is 0 Å². The molecule has 11 heteroatoms. The molecule has 1 saturated heterocycles. The molecule has 1 amide bonds. The summed E-state index contributed by atoms with van der Waals surface area (Å²) in [6, 6.07) is 16.9. The molecule has 2 aromatic carbocycles. The molecule has 2 aromatic heterocycles. The maximum absolute atomic E-state index is 14.1. The Morgan fingerprint density at radius 1 is 1.08 bits per heavy atom. The van der Waals surface area contributed by atoms with Crippen molar-refractivity contribution >= 4 is 45.2 Å². The number of benzene rings is 2. The van der Waals surface area contributed by atoms with E-state index < -0.39 is 11.6 Å². The molecular weight excluding hydrogens is 550 g/mol. The van der Waals surface area contributed by atoms with E-state index >= 15 is 0 Å². The van der Waals surface area contributed by atoms with Gasteiger partial charge in [-0.3, -0.25) is 9.89 Å². The number of halogens is 3. The fraction of sp³-hybridized carbons (Fsp3) is 0.200. The molecule has 0 aliphatic carbocycles. The van der Waals surface area contributed by atoms with Crippen LogP contribution in [0.5, 0.6) is 0 Å². The summed E-state index contributed by atoms with van der Waals surface area (Å²) in [5.74, 6) is -0.984. The van der Waals surface area contributed by atoms with Gasteiger partial charge in [-0.2, -0.15) is 5.10 Å². The number of carbonyl (C=O) groups excluding carboxylic acids is 1. The van der Waals surface area contributed by atoms with Crippen molar-refractivity contribution in [3.8, 4) is 11.3 Å². The average Bonchev–Trinajstić information content (AvgIpc) is 3.33. The topological polar surface area (TPSA) is 86.8 Å². The molecule has 7 nitrogen and oxygen atoms in total. The molecule has 0 radical (unpaired) electrons. The molecule has 5 rings (SSSR count). The summed E-state index contributed by atoms with van der Waals surface area (Å²) < 4.78 is 29.1. The van der Waals surface area contributed by atoms with Crippen LogP contribution in [-0.2, 0) is 4.79 Å². The highest BCUT2D eigenvalue weighted by molar-refractivity contribution is 9.10. The Morgan fingerprint density at radius 2 is 1.86 bits per heavy atom. The first-order valence-electron chi connectivity index (χ1n) is 11.3. The highest BCUT2D eigenvalue weighted by Crippen LogP contribution is 2.29. The van der Waals surface area contributed by atoms with E-state index in [-0.39, 0.29) is 28.9 Å². The summed E-state index contributed by atoms with van der Waals surface area (Å²) in [6.07, 6.45) is 1.54. The molecule has 184 valence electrons. The summed E-state index contributed by atoms with van der Waals surface area (Å²) in [4.78, 5) is 16.0. The second-order valence-electron chi connectivity index (χ2n) is 8.32. The third-order valence-electron chi connectivity index (χ3n) is 5.84. The van der Waals surface area contributed by atoms with Crippen molar-refractivity contribution in [2.24, 2.45) is 5.92 Å². The van der Waals surface area contributed by atoms with Crippen LogP contribution in [0, 0.1) is 17.6 Å². The van der Waals surface area contributed by atoms with Crippen LogP contribution in [0.25, 0.3) is 11.3 Å². The van der Waals surface area contributed by atoms with E-state index in [2.05, 4.69) is 41.6 Å². The van der Waals surface area contributed by atoms with Crippen LogP contribution in [0.3, 0.4) is 0 Å². The van der Waals surface area contributed by atoms with Gasteiger partial charge >= 0.3 is 0 Å². The summed E-state index contributed by atoms with van der Waals surface area (Å²) in [5, 5.41) is 18.9. The number of H-pyrrole nitrogens is 1. The van der Waals surface area contributed by atoms with Gasteiger partial charge < -0.3 is 10.2 Å². The van der Waals surface area contributed by atoms with Crippen LogP contribution >= 0.6 is 27.7 Å². The van der Waals surface area contributed by atoms with Gasteiger partial charge in [0.2, 0.25) is 5.91 Å². The van der Waals surface area contributed by atoms with Gasteiger partial charge in [-0.1, -0.05) is 33.8 Å². The fourth-order valence-electron chi connectivity index (χ4n) is 4.06. The Balaban J connectivity index is 1.21. The normalized spacial score (nSPS) is 15.6. The number of aromatic nitrogens is 4. The van der Waals surface area contributed by atoms with Gasteiger partial charge in [0.15, 0.2) is 11.6 Å². The summed E-state index contributed by atoms with van der Waals surface area (Å²) in [7, 11) is 0. The molecule has 0 saturated carbocycles. The Kier molecular flexibility index (Phi) is 7.28. The highest BCUT2D eigenvalue weighted by atomic mass is 79.9. The van der Waals surface area contributed by atoms with E-state index in [0.29, 0.717) is 18.8 Å². The molecule has 1 aliphatic heterocycles. The van der Waals surface area contributed by atoms with E-state index in [1.165, 1.54) is 36.0 Å². The summed E-state index contributed by atoms with van der Waals surface area (Å²) in [5.41, 5.74) is -0.0581. The van der Waals surface area contributed by atoms with Crippen molar-refractivity contribution in [2.45, 2.75) is 22.8 Å². The highest BCUT2D eigenvalue weighted by Gasteiger charge is 2.27. The number of aromatic amines is 1. The molecule has 36 heavy (non-hydrogen) atoms. The quantitative estimate of drug-likeness (QED) is 0.299. The summed E-state index contributed by atoms with van der Waals surface area (Å²) >= 11 is 4.96. The number of hydrogen-bond donors (Lipinski definition) is 2. The van der Waals surface area contributed by atoms with Crippen molar-refractivity contribution in [3.05, 3.63) is 76.8 Å². The van der Waals surface area contributed by atoms with Crippen LogP contribution in [0.15, 0.2) is 75.1 Å². The lowest BCUT2D eigenvalue weighted by atomic mass is 9.97. The van der Waals surface area contributed by atoms with Crippen LogP contribution in [0.1, 0.15) is 12.8 Å². The van der Waals surface area contributed by atoms with Gasteiger partial charge in [0.25, 0.3) is 0 Å². The molecule has 1 fully saturated rings. The maximum Gasteiger partial charge on any atom is 0.230 e. The Labute approximate surface area is 218 Å². The second kappa shape index (κ2) is 10.8. The Morgan fingerprint density at radius 3 is 2.58 bits per heavy atom. The van der Waals surface area contributed by atoms with Crippen molar-refractivity contribution in [2.75, 3.05) is 23.3 Å². The van der Waals surface area contributed by atoms with Gasteiger partial charge in [-0.15, -0.1) is 10.2 Å². The third-order valence-corrected chi connectivity index (χ3v) is 7.30.